The number of hydrogen-bond donors (Lipinski definition) is 1. The van der Waals surface area contributed by atoms with E-state index < -0.39 is 6.10 Å². The van der Waals surface area contributed by atoms with E-state index >= 15 is 0 Å². The van der Waals surface area contributed by atoms with E-state index in [4.69, 9.17) is 9.47 Å². The standard InChI is InChI=1S/C19H30FNO3/c1-19(2,3)24-14-16(22)12-21(13-17-8-6-10-23-17)11-15-7-4-5-9-18(15)20/h4-5,7,9,16-17,22H,6,8,10-14H2,1-3H3/t16-,17-/m1/s1. The average molecular weight is 339 g/mol. The van der Waals surface area contributed by atoms with Gasteiger partial charge in [-0.2, -0.15) is 0 Å². The quantitative estimate of drug-likeness (QED) is 0.791. The molecular formula is C19H30FNO3. The topological polar surface area (TPSA) is 41.9 Å². The van der Waals surface area contributed by atoms with Crippen molar-refractivity contribution in [2.24, 2.45) is 0 Å². The Hall–Kier alpha value is -1.01. The van der Waals surface area contributed by atoms with Crippen LogP contribution in [0.5, 0.6) is 0 Å². The van der Waals surface area contributed by atoms with Crippen LogP contribution in [0.1, 0.15) is 39.2 Å². The minimum absolute atomic E-state index is 0.160. The van der Waals surface area contributed by atoms with Gasteiger partial charge in [-0.15, -0.1) is 0 Å². The molecule has 0 unspecified atom stereocenters. The number of hydrogen-bond acceptors (Lipinski definition) is 4. The highest BCUT2D eigenvalue weighted by Gasteiger charge is 2.23. The normalized spacial score (nSPS) is 19.8. The molecule has 0 saturated carbocycles. The molecule has 0 aliphatic carbocycles. The molecule has 136 valence electrons. The van der Waals surface area contributed by atoms with Crippen molar-refractivity contribution in [1.82, 2.24) is 4.90 Å². The highest BCUT2D eigenvalue weighted by molar-refractivity contribution is 5.17. The third kappa shape index (κ3) is 6.85. The van der Waals surface area contributed by atoms with Crippen LogP contribution in [0.4, 0.5) is 4.39 Å². The Bertz CT molecular complexity index is 498. The molecule has 2 rings (SSSR count). The first-order valence-electron chi connectivity index (χ1n) is 8.73. The molecule has 0 amide bonds. The maximum atomic E-state index is 14.0. The largest absolute Gasteiger partial charge is 0.389 e. The molecule has 1 N–H and O–H groups in total. The van der Waals surface area contributed by atoms with Crippen LogP contribution in [0.2, 0.25) is 0 Å². The number of ether oxygens (including phenoxy) is 2. The maximum Gasteiger partial charge on any atom is 0.127 e. The lowest BCUT2D eigenvalue weighted by atomic mass is 10.1. The van der Waals surface area contributed by atoms with Crippen molar-refractivity contribution in [3.8, 4) is 0 Å². The minimum Gasteiger partial charge on any atom is -0.389 e. The monoisotopic (exact) mass is 339 g/mol. The van der Waals surface area contributed by atoms with Crippen LogP contribution in [0.15, 0.2) is 24.3 Å². The molecule has 1 aromatic carbocycles. The van der Waals surface area contributed by atoms with Crippen molar-refractivity contribution in [2.45, 2.75) is 58.0 Å². The number of nitrogens with zero attached hydrogens (tertiary/aromatic N) is 1. The van der Waals surface area contributed by atoms with E-state index in [1.807, 2.05) is 26.8 Å². The predicted molar refractivity (Wildman–Crippen MR) is 92.4 cm³/mol. The first-order valence-corrected chi connectivity index (χ1v) is 8.73. The Morgan fingerprint density at radius 3 is 2.75 bits per heavy atom. The molecule has 4 nitrogen and oxygen atoms in total. The van der Waals surface area contributed by atoms with E-state index in [0.29, 0.717) is 25.2 Å². The van der Waals surface area contributed by atoms with E-state index in [-0.39, 0.29) is 24.1 Å². The first kappa shape index (κ1) is 19.3. The second-order valence-corrected chi connectivity index (χ2v) is 7.50. The maximum absolute atomic E-state index is 14.0. The van der Waals surface area contributed by atoms with Gasteiger partial charge >= 0.3 is 0 Å². The average Bonchev–Trinajstić information content (AvgIpc) is 3.00. The summed E-state index contributed by atoms with van der Waals surface area (Å²) in [5, 5.41) is 10.3. The van der Waals surface area contributed by atoms with Crippen molar-refractivity contribution in [3.05, 3.63) is 35.6 Å². The van der Waals surface area contributed by atoms with E-state index in [1.54, 1.807) is 12.1 Å². The third-order valence-corrected chi connectivity index (χ3v) is 4.02. The van der Waals surface area contributed by atoms with Crippen molar-refractivity contribution < 1.29 is 19.0 Å². The number of aliphatic hydroxyl groups excluding tert-OH is 1. The predicted octanol–water partition coefficient (Wildman–Crippen LogP) is 2.98. The summed E-state index contributed by atoms with van der Waals surface area (Å²) in [4.78, 5) is 2.06. The second kappa shape index (κ2) is 8.90. The van der Waals surface area contributed by atoms with Crippen LogP contribution in [0, 0.1) is 5.82 Å². The molecule has 2 atom stereocenters. The summed E-state index contributed by atoms with van der Waals surface area (Å²) in [5.41, 5.74) is 0.353. The molecule has 24 heavy (non-hydrogen) atoms. The fourth-order valence-corrected chi connectivity index (χ4v) is 2.84. The fraction of sp³-hybridized carbons (Fsp3) is 0.684. The number of benzene rings is 1. The van der Waals surface area contributed by atoms with E-state index in [1.165, 1.54) is 6.07 Å². The molecule has 0 spiro atoms. The van der Waals surface area contributed by atoms with Crippen LogP contribution in [-0.2, 0) is 16.0 Å². The van der Waals surface area contributed by atoms with Crippen LogP contribution < -0.4 is 0 Å². The van der Waals surface area contributed by atoms with E-state index in [2.05, 4.69) is 4.90 Å². The third-order valence-electron chi connectivity index (χ3n) is 4.02. The van der Waals surface area contributed by atoms with Crippen molar-refractivity contribution >= 4 is 0 Å². The summed E-state index contributed by atoms with van der Waals surface area (Å²) in [6, 6.07) is 6.78. The molecule has 0 radical (unpaired) electrons. The van der Waals surface area contributed by atoms with Gasteiger partial charge in [0.1, 0.15) is 5.82 Å². The lowest BCUT2D eigenvalue weighted by Gasteiger charge is -2.29. The number of halogens is 1. The van der Waals surface area contributed by atoms with Gasteiger partial charge in [-0.25, -0.2) is 4.39 Å². The highest BCUT2D eigenvalue weighted by Crippen LogP contribution is 2.17. The summed E-state index contributed by atoms with van der Waals surface area (Å²) < 4.78 is 25.3. The highest BCUT2D eigenvalue weighted by atomic mass is 19.1. The van der Waals surface area contributed by atoms with Gasteiger partial charge in [-0.1, -0.05) is 18.2 Å². The summed E-state index contributed by atoms with van der Waals surface area (Å²) in [6.45, 7) is 8.52. The van der Waals surface area contributed by atoms with Crippen LogP contribution >= 0.6 is 0 Å². The molecule has 1 aliphatic heterocycles. The van der Waals surface area contributed by atoms with Crippen molar-refractivity contribution in [2.75, 3.05) is 26.3 Å². The van der Waals surface area contributed by atoms with Crippen LogP contribution in [0.25, 0.3) is 0 Å². The van der Waals surface area contributed by atoms with E-state index in [9.17, 15) is 9.50 Å². The molecule has 1 saturated heterocycles. The Labute approximate surface area is 144 Å². The molecule has 0 aromatic heterocycles. The summed E-state index contributed by atoms with van der Waals surface area (Å²) >= 11 is 0. The first-order chi connectivity index (χ1) is 11.3. The molecule has 1 aromatic rings. The van der Waals surface area contributed by atoms with Gasteiger partial charge in [0.25, 0.3) is 0 Å². The fourth-order valence-electron chi connectivity index (χ4n) is 2.84. The van der Waals surface area contributed by atoms with Gasteiger partial charge < -0.3 is 14.6 Å². The van der Waals surface area contributed by atoms with Crippen LogP contribution in [0.3, 0.4) is 0 Å². The Kier molecular flexibility index (Phi) is 7.16. The van der Waals surface area contributed by atoms with Gasteiger partial charge in [0.05, 0.1) is 24.4 Å². The summed E-state index contributed by atoms with van der Waals surface area (Å²) in [6.07, 6.45) is 1.63. The van der Waals surface area contributed by atoms with Crippen molar-refractivity contribution in [3.63, 3.8) is 0 Å². The second-order valence-electron chi connectivity index (χ2n) is 7.50. The Morgan fingerprint density at radius 1 is 1.38 bits per heavy atom. The molecular weight excluding hydrogens is 309 g/mol. The Balaban J connectivity index is 1.95. The summed E-state index contributed by atoms with van der Waals surface area (Å²) in [5.74, 6) is -0.213. The zero-order valence-corrected chi connectivity index (χ0v) is 15.0. The molecule has 1 fully saturated rings. The lowest BCUT2D eigenvalue weighted by molar-refractivity contribution is -0.0595. The smallest absolute Gasteiger partial charge is 0.127 e. The van der Waals surface area contributed by atoms with Gasteiger partial charge in [-0.3, -0.25) is 4.90 Å². The number of aliphatic hydroxyl groups is 1. The SMILES string of the molecule is CC(C)(C)OC[C@H](O)CN(Cc1ccccc1F)C[C@H]1CCCO1. The van der Waals surface area contributed by atoms with E-state index in [0.717, 1.165) is 19.4 Å². The molecule has 1 heterocycles. The zero-order chi connectivity index (χ0) is 17.6. The molecule has 5 heteroatoms. The van der Waals surface area contributed by atoms with Gasteiger partial charge in [0, 0.05) is 31.8 Å². The van der Waals surface area contributed by atoms with Gasteiger partial charge in [0.15, 0.2) is 0 Å². The number of rotatable bonds is 8. The molecule has 0 bridgehead atoms. The minimum atomic E-state index is -0.614. The van der Waals surface area contributed by atoms with Gasteiger partial charge in [-0.05, 0) is 39.7 Å². The van der Waals surface area contributed by atoms with Crippen molar-refractivity contribution in [1.29, 1.82) is 0 Å². The summed E-state index contributed by atoms with van der Waals surface area (Å²) in [7, 11) is 0. The van der Waals surface area contributed by atoms with Gasteiger partial charge in [0.2, 0.25) is 0 Å². The zero-order valence-electron chi connectivity index (χ0n) is 15.0. The van der Waals surface area contributed by atoms with Crippen LogP contribution in [-0.4, -0.2) is 54.1 Å². The Morgan fingerprint density at radius 2 is 2.12 bits per heavy atom. The molecule has 1 aliphatic rings. The lowest BCUT2D eigenvalue weighted by Crippen LogP contribution is -2.40.